The fourth-order valence-corrected chi connectivity index (χ4v) is 3.60. The molecule has 2 N–H and O–H groups in total. The minimum absolute atomic E-state index is 0.0115. The van der Waals surface area contributed by atoms with Crippen molar-refractivity contribution in [2.75, 3.05) is 39.3 Å². The van der Waals surface area contributed by atoms with E-state index in [-0.39, 0.29) is 30.4 Å². The van der Waals surface area contributed by atoms with Crippen LogP contribution in [0.15, 0.2) is 48.7 Å². The lowest BCUT2D eigenvalue weighted by molar-refractivity contribution is -0.120. The van der Waals surface area contributed by atoms with E-state index >= 15 is 0 Å². The molecule has 0 unspecified atom stereocenters. The van der Waals surface area contributed by atoms with Gasteiger partial charge in [0.25, 0.3) is 0 Å². The molecule has 3 heterocycles. The monoisotopic (exact) mass is 468 g/mol. The van der Waals surface area contributed by atoms with Gasteiger partial charge in [0, 0.05) is 38.9 Å². The van der Waals surface area contributed by atoms with Crippen LogP contribution in [0.3, 0.4) is 0 Å². The summed E-state index contributed by atoms with van der Waals surface area (Å²) in [4.78, 5) is 26.1. The van der Waals surface area contributed by atoms with Crippen molar-refractivity contribution in [1.82, 2.24) is 30.5 Å². The highest BCUT2D eigenvalue weighted by atomic mass is 19.1. The molecule has 0 radical (unpaired) electrons. The van der Waals surface area contributed by atoms with Crippen molar-refractivity contribution >= 4 is 5.91 Å². The maximum Gasteiger partial charge on any atom is 0.319 e. The minimum Gasteiger partial charge on any atom is -0.462 e. The number of nitrogens with zero attached hydrogens (tertiary/aromatic N) is 4. The zero-order valence-electron chi connectivity index (χ0n) is 18.6. The molecule has 8 nitrogen and oxygen atoms in total. The first-order valence-electron chi connectivity index (χ1n) is 11.1. The summed E-state index contributed by atoms with van der Waals surface area (Å²) in [6, 6.07) is 11.3. The summed E-state index contributed by atoms with van der Waals surface area (Å²) in [5.74, 6) is -1.48. The lowest BCUT2D eigenvalue weighted by atomic mass is 10.0. The molecule has 0 atom stereocenters. The predicted molar refractivity (Wildman–Crippen MR) is 122 cm³/mol. The fourth-order valence-electron chi connectivity index (χ4n) is 3.60. The van der Waals surface area contributed by atoms with E-state index in [4.69, 9.17) is 4.74 Å². The van der Waals surface area contributed by atoms with E-state index in [2.05, 4.69) is 30.5 Å². The van der Waals surface area contributed by atoms with Crippen LogP contribution in [-0.4, -0.2) is 65.1 Å². The van der Waals surface area contributed by atoms with Gasteiger partial charge in [-0.1, -0.05) is 30.3 Å². The molecule has 1 amide bonds. The Morgan fingerprint density at radius 2 is 1.88 bits per heavy atom. The van der Waals surface area contributed by atoms with E-state index in [1.807, 2.05) is 0 Å². The van der Waals surface area contributed by atoms with Crippen molar-refractivity contribution in [2.24, 2.45) is 0 Å². The van der Waals surface area contributed by atoms with Crippen molar-refractivity contribution in [1.29, 1.82) is 0 Å². The zero-order valence-corrected chi connectivity index (χ0v) is 18.6. The molecule has 1 aromatic carbocycles. The SMILES string of the molecule is O=C(Cc1ccc(-c2cnc(OCCN3CCNCC3)nc2F)cc1)NCc1cccc(F)n1. The summed E-state index contributed by atoms with van der Waals surface area (Å²) >= 11 is 0. The molecule has 4 rings (SSSR count). The van der Waals surface area contributed by atoms with Crippen LogP contribution in [0.1, 0.15) is 11.3 Å². The number of benzene rings is 1. The molecule has 0 spiro atoms. The Bertz CT molecular complexity index is 1110. The van der Waals surface area contributed by atoms with E-state index in [0.29, 0.717) is 17.9 Å². The molecule has 1 aliphatic rings. The second-order valence-corrected chi connectivity index (χ2v) is 7.90. The quantitative estimate of drug-likeness (QED) is 0.366. The fraction of sp³-hybridized carbons (Fsp3) is 0.333. The van der Waals surface area contributed by atoms with Crippen LogP contribution in [0.5, 0.6) is 6.01 Å². The summed E-state index contributed by atoms with van der Waals surface area (Å²) < 4.78 is 33.2. The van der Waals surface area contributed by atoms with Crippen LogP contribution in [0.25, 0.3) is 11.1 Å². The predicted octanol–water partition coefficient (Wildman–Crippen LogP) is 1.96. The van der Waals surface area contributed by atoms with Gasteiger partial charge in [-0.2, -0.15) is 13.8 Å². The summed E-state index contributed by atoms with van der Waals surface area (Å²) in [6.45, 7) is 5.10. The molecule has 0 saturated carbocycles. The Hall–Kier alpha value is -3.50. The third-order valence-corrected chi connectivity index (χ3v) is 5.44. The number of hydrogen-bond donors (Lipinski definition) is 2. The van der Waals surface area contributed by atoms with E-state index in [1.165, 1.54) is 18.3 Å². The third-order valence-electron chi connectivity index (χ3n) is 5.44. The lowest BCUT2D eigenvalue weighted by Gasteiger charge is -2.26. The van der Waals surface area contributed by atoms with Crippen LogP contribution >= 0.6 is 0 Å². The Morgan fingerprint density at radius 1 is 1.09 bits per heavy atom. The minimum atomic E-state index is -0.666. The Balaban J connectivity index is 1.28. The first kappa shape index (κ1) is 23.7. The summed E-state index contributed by atoms with van der Waals surface area (Å²) in [5, 5.41) is 5.99. The van der Waals surface area contributed by atoms with Crippen molar-refractivity contribution in [3.63, 3.8) is 0 Å². The van der Waals surface area contributed by atoms with Crippen molar-refractivity contribution in [3.05, 3.63) is 71.8 Å². The number of carbonyl (C=O) groups excluding carboxylic acids is 1. The maximum atomic E-state index is 14.6. The molecule has 10 heteroatoms. The van der Waals surface area contributed by atoms with Gasteiger partial charge in [-0.05, 0) is 23.3 Å². The van der Waals surface area contributed by atoms with Gasteiger partial charge < -0.3 is 15.4 Å². The first-order chi connectivity index (χ1) is 16.6. The van der Waals surface area contributed by atoms with Gasteiger partial charge in [0.1, 0.15) is 6.61 Å². The van der Waals surface area contributed by atoms with Crippen LogP contribution in [-0.2, 0) is 17.8 Å². The van der Waals surface area contributed by atoms with Gasteiger partial charge in [0.05, 0.1) is 24.2 Å². The van der Waals surface area contributed by atoms with Gasteiger partial charge in [0.15, 0.2) is 0 Å². The van der Waals surface area contributed by atoms with Crippen molar-refractivity contribution in [2.45, 2.75) is 13.0 Å². The third kappa shape index (κ3) is 6.75. The van der Waals surface area contributed by atoms with Gasteiger partial charge in [0.2, 0.25) is 17.8 Å². The summed E-state index contributed by atoms with van der Waals surface area (Å²) in [5.41, 5.74) is 2.04. The standard InChI is InChI=1S/C24H26F2N6O2/c25-21-3-1-2-19(30-21)15-28-22(33)14-17-4-6-18(7-5-17)20-16-29-24(31-23(20)26)34-13-12-32-10-8-27-9-11-32/h1-7,16,27H,8-15H2,(H,28,33). The van der Waals surface area contributed by atoms with Crippen LogP contribution in [0, 0.1) is 11.9 Å². The topological polar surface area (TPSA) is 92.3 Å². The number of aromatic nitrogens is 3. The zero-order chi connectivity index (χ0) is 23.8. The molecular weight excluding hydrogens is 442 g/mol. The number of piperazine rings is 1. The smallest absolute Gasteiger partial charge is 0.319 e. The second kappa shape index (κ2) is 11.6. The number of rotatable bonds is 9. The highest BCUT2D eigenvalue weighted by molar-refractivity contribution is 5.78. The Labute approximate surface area is 196 Å². The molecule has 2 aromatic heterocycles. The number of amides is 1. The number of halogens is 2. The Morgan fingerprint density at radius 3 is 2.62 bits per heavy atom. The largest absolute Gasteiger partial charge is 0.462 e. The molecular formula is C24H26F2N6O2. The maximum absolute atomic E-state index is 14.6. The van der Waals surface area contributed by atoms with Gasteiger partial charge in [-0.3, -0.25) is 9.69 Å². The van der Waals surface area contributed by atoms with E-state index < -0.39 is 11.9 Å². The molecule has 0 bridgehead atoms. The molecule has 3 aromatic rings. The lowest BCUT2D eigenvalue weighted by Crippen LogP contribution is -2.44. The highest BCUT2D eigenvalue weighted by Gasteiger charge is 2.13. The molecule has 178 valence electrons. The Kier molecular flexibility index (Phi) is 8.05. The van der Waals surface area contributed by atoms with E-state index in [0.717, 1.165) is 38.3 Å². The average molecular weight is 469 g/mol. The molecule has 1 saturated heterocycles. The number of carbonyl (C=O) groups is 1. The van der Waals surface area contributed by atoms with Crippen LogP contribution < -0.4 is 15.4 Å². The van der Waals surface area contributed by atoms with Crippen molar-refractivity contribution in [3.8, 4) is 17.1 Å². The normalized spacial score (nSPS) is 14.1. The highest BCUT2D eigenvalue weighted by Crippen LogP contribution is 2.23. The van der Waals surface area contributed by atoms with Gasteiger partial charge in [-0.25, -0.2) is 9.97 Å². The van der Waals surface area contributed by atoms with Gasteiger partial charge >= 0.3 is 6.01 Å². The number of ether oxygens (including phenoxy) is 1. The van der Waals surface area contributed by atoms with Crippen molar-refractivity contribution < 1.29 is 18.3 Å². The average Bonchev–Trinajstić information content (AvgIpc) is 2.84. The first-order valence-corrected chi connectivity index (χ1v) is 11.1. The molecule has 0 aliphatic carbocycles. The number of hydrogen-bond acceptors (Lipinski definition) is 7. The van der Waals surface area contributed by atoms with Crippen LogP contribution in [0.4, 0.5) is 8.78 Å². The summed E-state index contributed by atoms with van der Waals surface area (Å²) in [7, 11) is 0. The summed E-state index contributed by atoms with van der Waals surface area (Å²) in [6.07, 6.45) is 1.53. The second-order valence-electron chi connectivity index (χ2n) is 7.90. The van der Waals surface area contributed by atoms with Crippen LogP contribution in [0.2, 0.25) is 0 Å². The van der Waals surface area contributed by atoms with E-state index in [9.17, 15) is 13.6 Å². The number of nitrogens with one attached hydrogen (secondary N) is 2. The molecule has 34 heavy (non-hydrogen) atoms. The molecule has 1 aliphatic heterocycles. The van der Waals surface area contributed by atoms with Gasteiger partial charge in [-0.15, -0.1) is 0 Å². The number of pyridine rings is 1. The molecule has 1 fully saturated rings. The van der Waals surface area contributed by atoms with E-state index in [1.54, 1.807) is 30.3 Å².